The van der Waals surface area contributed by atoms with Gasteiger partial charge in [0.05, 0.1) is 21.8 Å². The molecule has 1 unspecified atom stereocenters. The Kier molecular flexibility index (Phi) is 6.36. The molecular weight excluding hydrogens is 432 g/mol. The van der Waals surface area contributed by atoms with E-state index in [0.29, 0.717) is 27.2 Å². The van der Waals surface area contributed by atoms with Crippen molar-refractivity contribution in [3.05, 3.63) is 76.5 Å². The zero-order valence-corrected chi connectivity index (χ0v) is 18.3. The van der Waals surface area contributed by atoms with Crippen molar-refractivity contribution in [1.82, 2.24) is 9.97 Å². The van der Waals surface area contributed by atoms with Gasteiger partial charge in [0.25, 0.3) is 0 Å². The van der Waals surface area contributed by atoms with Crippen molar-refractivity contribution in [1.29, 1.82) is 0 Å². The van der Waals surface area contributed by atoms with Gasteiger partial charge in [-0.25, -0.2) is 4.98 Å². The number of nitrogens with one attached hydrogen (secondary N) is 1. The van der Waals surface area contributed by atoms with Crippen LogP contribution in [-0.2, 0) is 4.79 Å². The normalized spacial score (nSPS) is 15.3. The summed E-state index contributed by atoms with van der Waals surface area (Å²) in [7, 11) is 0. The van der Waals surface area contributed by atoms with E-state index in [1.54, 1.807) is 6.07 Å². The van der Waals surface area contributed by atoms with E-state index in [2.05, 4.69) is 40.9 Å². The molecule has 0 saturated carbocycles. The summed E-state index contributed by atoms with van der Waals surface area (Å²) < 4.78 is 5.90. The van der Waals surface area contributed by atoms with Gasteiger partial charge >= 0.3 is 5.97 Å². The third-order valence-corrected chi connectivity index (χ3v) is 5.72. The Morgan fingerprint density at radius 2 is 2.13 bits per heavy atom. The maximum Gasteiger partial charge on any atom is 0.313 e. The number of ether oxygens (including phenoxy) is 1. The maximum absolute atomic E-state index is 10.7. The number of hydrogen-bond acceptors (Lipinski definition) is 4. The number of imidazole rings is 1. The highest BCUT2D eigenvalue weighted by molar-refractivity contribution is 7.99. The number of hydrogen-bond donors (Lipinski definition) is 2. The zero-order valence-electron chi connectivity index (χ0n) is 16.7. The summed E-state index contributed by atoms with van der Waals surface area (Å²) in [5.41, 5.74) is 2.94. The molecule has 0 amide bonds. The van der Waals surface area contributed by atoms with Crippen LogP contribution in [0.1, 0.15) is 24.5 Å². The van der Waals surface area contributed by atoms with Crippen molar-refractivity contribution in [2.75, 3.05) is 5.75 Å². The van der Waals surface area contributed by atoms with E-state index in [1.807, 2.05) is 36.4 Å². The predicted octanol–water partition coefficient (Wildman–Crippen LogP) is 5.65. The van der Waals surface area contributed by atoms with Gasteiger partial charge in [-0.3, -0.25) is 4.79 Å². The fourth-order valence-corrected chi connectivity index (χ4v) is 3.87. The number of allylic oxidation sites excluding steroid dienone is 3. The highest BCUT2D eigenvalue weighted by atomic mass is 35.5. The number of aromatic nitrogens is 2. The van der Waals surface area contributed by atoms with Gasteiger partial charge < -0.3 is 14.8 Å². The van der Waals surface area contributed by atoms with E-state index in [0.717, 1.165) is 40.8 Å². The predicted molar refractivity (Wildman–Crippen MR) is 124 cm³/mol. The third kappa shape index (κ3) is 5.52. The summed E-state index contributed by atoms with van der Waals surface area (Å²) in [4.78, 5) is 18.2. The molecule has 0 spiro atoms. The second kappa shape index (κ2) is 9.34. The van der Waals surface area contributed by atoms with E-state index >= 15 is 0 Å². The lowest BCUT2D eigenvalue weighted by atomic mass is 10.0. The van der Waals surface area contributed by atoms with Gasteiger partial charge in [0.2, 0.25) is 0 Å². The molecule has 1 heterocycles. The quantitative estimate of drug-likeness (QED) is 0.388. The van der Waals surface area contributed by atoms with Gasteiger partial charge in [-0.05, 0) is 60.9 Å². The number of carbonyl (C=O) groups is 1. The highest BCUT2D eigenvalue weighted by Crippen LogP contribution is 2.25. The molecule has 1 aliphatic rings. The molecule has 1 aliphatic carbocycles. The lowest BCUT2D eigenvalue weighted by Crippen LogP contribution is -2.00. The number of carboxylic acid groups (broad SMARTS) is 1. The van der Waals surface area contributed by atoms with Crippen LogP contribution >= 0.6 is 23.4 Å². The summed E-state index contributed by atoms with van der Waals surface area (Å²) >= 11 is 7.49. The first-order chi connectivity index (χ1) is 15.0. The van der Waals surface area contributed by atoms with Gasteiger partial charge in [-0.2, -0.15) is 0 Å². The Labute approximate surface area is 189 Å². The molecule has 0 saturated heterocycles. The van der Waals surface area contributed by atoms with E-state index in [-0.39, 0.29) is 5.75 Å². The van der Waals surface area contributed by atoms with Crippen molar-refractivity contribution in [3.8, 4) is 17.6 Å². The van der Waals surface area contributed by atoms with Crippen molar-refractivity contribution < 1.29 is 14.6 Å². The van der Waals surface area contributed by atoms with E-state index in [9.17, 15) is 4.79 Å². The summed E-state index contributed by atoms with van der Waals surface area (Å²) in [5.74, 6) is 7.35. The smallest absolute Gasteiger partial charge is 0.313 e. The molecule has 156 valence electrons. The van der Waals surface area contributed by atoms with Crippen molar-refractivity contribution >= 4 is 40.4 Å². The number of rotatable bonds is 5. The topological polar surface area (TPSA) is 75.2 Å². The fourth-order valence-electron chi connectivity index (χ4n) is 3.05. The zero-order chi connectivity index (χ0) is 21.8. The Morgan fingerprint density at radius 3 is 2.87 bits per heavy atom. The Balaban J connectivity index is 1.49. The maximum atomic E-state index is 10.7. The summed E-state index contributed by atoms with van der Waals surface area (Å²) in [6.45, 7) is 2.16. The number of benzene rings is 2. The minimum absolute atomic E-state index is 0.0630. The Morgan fingerprint density at radius 1 is 1.32 bits per heavy atom. The van der Waals surface area contributed by atoms with E-state index in [4.69, 9.17) is 21.4 Å². The van der Waals surface area contributed by atoms with Crippen molar-refractivity contribution in [2.24, 2.45) is 5.92 Å². The van der Waals surface area contributed by atoms with Crippen molar-refractivity contribution in [3.63, 3.8) is 0 Å². The number of thioether (sulfide) groups is 1. The molecule has 5 nitrogen and oxygen atoms in total. The van der Waals surface area contributed by atoms with Crippen LogP contribution in [0.3, 0.4) is 0 Å². The molecule has 1 atom stereocenters. The van der Waals surface area contributed by atoms with Crippen LogP contribution in [0.4, 0.5) is 0 Å². The van der Waals surface area contributed by atoms with E-state index < -0.39 is 5.97 Å². The number of halogens is 1. The van der Waals surface area contributed by atoms with Gasteiger partial charge in [0.1, 0.15) is 11.5 Å². The Hall–Kier alpha value is -3.14. The first-order valence-corrected chi connectivity index (χ1v) is 11.0. The average Bonchev–Trinajstić information content (AvgIpc) is 3.13. The number of fused-ring (bicyclic) bond motifs is 1. The fraction of sp³-hybridized carbons (Fsp3) is 0.167. The van der Waals surface area contributed by atoms with Crippen LogP contribution in [0.25, 0.3) is 11.0 Å². The summed E-state index contributed by atoms with van der Waals surface area (Å²) in [5, 5.41) is 9.84. The van der Waals surface area contributed by atoms with Crippen LogP contribution in [0, 0.1) is 17.8 Å². The molecule has 4 rings (SSSR count). The highest BCUT2D eigenvalue weighted by Gasteiger charge is 2.09. The SMILES string of the molecule is CC1C=C(Oc2ccc(C#Cc3cc4[nH]c(SCC(=O)O)nc4cc3Cl)cc2)C=CC1. The van der Waals surface area contributed by atoms with Crippen LogP contribution in [0.5, 0.6) is 5.75 Å². The lowest BCUT2D eigenvalue weighted by Gasteiger charge is -2.13. The van der Waals surface area contributed by atoms with Gasteiger partial charge in [0.15, 0.2) is 5.16 Å². The first-order valence-electron chi connectivity index (χ1n) is 9.68. The van der Waals surface area contributed by atoms with Crippen LogP contribution in [0.15, 0.2) is 65.5 Å². The minimum atomic E-state index is -0.895. The summed E-state index contributed by atoms with van der Waals surface area (Å²) in [6, 6.07) is 11.1. The van der Waals surface area contributed by atoms with Gasteiger partial charge in [0, 0.05) is 11.1 Å². The number of carboxylic acids is 1. The standard InChI is InChI=1S/C24H19ClN2O3S/c1-15-3-2-4-19(11-15)30-18-9-6-16(7-10-18)5-8-17-12-21-22(13-20(17)25)27-24(26-21)31-14-23(28)29/h2,4,6-7,9-13,15H,3,14H2,1H3,(H,26,27)(H,28,29). The second-order valence-electron chi connectivity index (χ2n) is 7.13. The van der Waals surface area contributed by atoms with Gasteiger partial charge in [-0.15, -0.1) is 0 Å². The molecule has 2 N–H and O–H groups in total. The average molecular weight is 451 g/mol. The van der Waals surface area contributed by atoms with Crippen LogP contribution < -0.4 is 4.74 Å². The molecule has 3 aromatic rings. The molecule has 2 aromatic carbocycles. The van der Waals surface area contributed by atoms with Gasteiger partial charge in [-0.1, -0.05) is 48.2 Å². The minimum Gasteiger partial charge on any atom is -0.481 e. The largest absolute Gasteiger partial charge is 0.481 e. The molecule has 0 aliphatic heterocycles. The monoisotopic (exact) mass is 450 g/mol. The second-order valence-corrected chi connectivity index (χ2v) is 8.51. The third-order valence-electron chi connectivity index (χ3n) is 4.55. The molecule has 0 radical (unpaired) electrons. The number of aromatic amines is 1. The first kappa shape index (κ1) is 21.1. The van der Waals surface area contributed by atoms with Crippen molar-refractivity contribution in [2.45, 2.75) is 18.5 Å². The van der Waals surface area contributed by atoms with Crippen LogP contribution in [-0.4, -0.2) is 26.8 Å². The lowest BCUT2D eigenvalue weighted by molar-refractivity contribution is -0.133. The number of aliphatic carboxylic acids is 1. The molecular formula is C24H19ClN2O3S. The molecule has 0 bridgehead atoms. The molecule has 0 fully saturated rings. The van der Waals surface area contributed by atoms with E-state index in [1.165, 1.54) is 0 Å². The molecule has 31 heavy (non-hydrogen) atoms. The molecule has 1 aromatic heterocycles. The summed E-state index contributed by atoms with van der Waals surface area (Å²) in [6.07, 6.45) is 7.27. The van der Waals surface area contributed by atoms with Crippen LogP contribution in [0.2, 0.25) is 5.02 Å². The number of nitrogens with zero attached hydrogens (tertiary/aromatic N) is 1. The number of H-pyrrole nitrogens is 1. The molecule has 7 heteroatoms. The Bertz CT molecular complexity index is 1250.